The Morgan fingerprint density at radius 3 is 1.78 bits per heavy atom. The Morgan fingerprint density at radius 2 is 1.20 bits per heavy atom. The monoisotopic (exact) mass is 666 g/mol. The van der Waals surface area contributed by atoms with Crippen molar-refractivity contribution in [1.29, 1.82) is 0 Å². The van der Waals surface area contributed by atoms with E-state index >= 15 is 0 Å². The largest absolute Gasteiger partial charge is 0.497 e. The highest BCUT2D eigenvalue weighted by atomic mass is 16.5. The summed E-state index contributed by atoms with van der Waals surface area (Å²) in [5, 5.41) is 9.23. The number of aryl methyl sites for hydroxylation is 2. The van der Waals surface area contributed by atoms with Gasteiger partial charge in [-0.15, -0.1) is 0 Å². The molecule has 0 unspecified atom stereocenters. The molecule has 0 saturated heterocycles. The molecule has 250 valence electrons. The zero-order valence-corrected chi connectivity index (χ0v) is 27.4. The number of fused-ring (bicyclic) bond motifs is 4. The van der Waals surface area contributed by atoms with Crippen LogP contribution in [-0.4, -0.2) is 30.1 Å². The average molecular weight is 667 g/mol. The Kier molecular flexibility index (Phi) is 9.02. The summed E-state index contributed by atoms with van der Waals surface area (Å²) in [5.74, 6) is 0.414. The number of methoxy groups -OCH3 is 1. The number of esters is 3. The maximum atomic E-state index is 13.5. The van der Waals surface area contributed by atoms with E-state index in [-0.39, 0.29) is 12.4 Å². The number of hydrogen-bond donors (Lipinski definition) is 1. The maximum Gasteiger partial charge on any atom is 0.343 e. The van der Waals surface area contributed by atoms with Gasteiger partial charge in [0.15, 0.2) is 0 Å². The molecular formula is C42H34O8. The van der Waals surface area contributed by atoms with Gasteiger partial charge in [-0.25, -0.2) is 14.4 Å². The third-order valence-electron chi connectivity index (χ3n) is 9.44. The van der Waals surface area contributed by atoms with E-state index in [0.29, 0.717) is 28.2 Å². The summed E-state index contributed by atoms with van der Waals surface area (Å²) in [6, 6.07) is 31.6. The minimum Gasteiger partial charge on any atom is -0.497 e. The van der Waals surface area contributed by atoms with Crippen LogP contribution < -0.4 is 18.9 Å². The van der Waals surface area contributed by atoms with Gasteiger partial charge in [-0.1, -0.05) is 48.5 Å². The number of carbonyl (C=O) groups is 3. The summed E-state index contributed by atoms with van der Waals surface area (Å²) in [4.78, 5) is 39.1. The van der Waals surface area contributed by atoms with E-state index in [1.165, 1.54) is 6.08 Å². The third-order valence-corrected chi connectivity index (χ3v) is 9.44. The lowest BCUT2D eigenvalue weighted by Crippen LogP contribution is -2.24. The fraction of sp³-hybridized carbons (Fsp3) is 0.167. The normalized spacial score (nSPS) is 15.8. The first kappa shape index (κ1) is 32.6. The van der Waals surface area contributed by atoms with Crippen molar-refractivity contribution < 1.29 is 38.4 Å². The van der Waals surface area contributed by atoms with E-state index in [2.05, 4.69) is 12.1 Å². The highest BCUT2D eigenvalue weighted by Crippen LogP contribution is 2.57. The van der Waals surface area contributed by atoms with Gasteiger partial charge >= 0.3 is 17.9 Å². The van der Waals surface area contributed by atoms with Crippen molar-refractivity contribution in [1.82, 2.24) is 0 Å². The molecule has 0 aliphatic heterocycles. The van der Waals surface area contributed by atoms with Crippen molar-refractivity contribution in [3.63, 3.8) is 0 Å². The van der Waals surface area contributed by atoms with Gasteiger partial charge in [-0.05, 0) is 115 Å². The van der Waals surface area contributed by atoms with Gasteiger partial charge in [0.05, 0.1) is 24.8 Å². The SMILES string of the molecule is COc1ccc(/C=C/C(=O)Oc2cccc3c2[C@@]2(CC3)CCc3cccc(OC(=O)c4ccc(OC(=O)c5ccc(CO)cc5)cc4)c32)cc1. The minimum absolute atomic E-state index is 0.117. The Labute approximate surface area is 289 Å². The molecule has 7 rings (SSSR count). The van der Waals surface area contributed by atoms with Gasteiger partial charge < -0.3 is 24.1 Å². The quantitative estimate of drug-likeness (QED) is 0.0984. The van der Waals surface area contributed by atoms with Crippen LogP contribution >= 0.6 is 0 Å². The maximum absolute atomic E-state index is 13.5. The second-order valence-corrected chi connectivity index (χ2v) is 12.3. The van der Waals surface area contributed by atoms with Crippen LogP contribution in [0.1, 0.15) is 66.9 Å². The minimum atomic E-state index is -0.551. The van der Waals surface area contributed by atoms with Gasteiger partial charge in [0.2, 0.25) is 0 Å². The van der Waals surface area contributed by atoms with E-state index in [1.807, 2.05) is 48.5 Å². The summed E-state index contributed by atoms with van der Waals surface area (Å²) >= 11 is 0. The lowest BCUT2D eigenvalue weighted by atomic mass is 9.76. The Balaban J connectivity index is 1.10. The first-order valence-electron chi connectivity index (χ1n) is 16.4. The number of carbonyl (C=O) groups excluding carboxylic acids is 3. The summed E-state index contributed by atoms with van der Waals surface area (Å²) in [6.07, 6.45) is 6.31. The molecule has 0 aromatic heterocycles. The fourth-order valence-corrected chi connectivity index (χ4v) is 7.02. The highest BCUT2D eigenvalue weighted by molar-refractivity contribution is 5.93. The molecule has 8 heteroatoms. The predicted octanol–water partition coefficient (Wildman–Crippen LogP) is 7.42. The number of ether oxygens (including phenoxy) is 4. The molecule has 2 aliphatic carbocycles. The van der Waals surface area contributed by atoms with Crippen LogP contribution in [0.3, 0.4) is 0 Å². The smallest absolute Gasteiger partial charge is 0.343 e. The first-order chi connectivity index (χ1) is 24.4. The molecule has 50 heavy (non-hydrogen) atoms. The van der Waals surface area contributed by atoms with E-state index in [0.717, 1.165) is 59.3 Å². The Morgan fingerprint density at radius 1 is 0.660 bits per heavy atom. The van der Waals surface area contributed by atoms with Gasteiger partial charge in [-0.3, -0.25) is 0 Å². The van der Waals surface area contributed by atoms with Crippen LogP contribution in [0.15, 0.2) is 115 Å². The summed E-state index contributed by atoms with van der Waals surface area (Å²) in [5.41, 5.74) is 5.80. The van der Waals surface area contributed by atoms with Crippen molar-refractivity contribution in [2.75, 3.05) is 7.11 Å². The van der Waals surface area contributed by atoms with Crippen molar-refractivity contribution >= 4 is 24.0 Å². The molecular weight excluding hydrogens is 632 g/mol. The van der Waals surface area contributed by atoms with Crippen LogP contribution in [0.2, 0.25) is 0 Å². The summed E-state index contributed by atoms with van der Waals surface area (Å²) in [7, 11) is 1.60. The van der Waals surface area contributed by atoms with Crippen LogP contribution in [0.5, 0.6) is 23.0 Å². The van der Waals surface area contributed by atoms with Gasteiger partial charge in [0, 0.05) is 22.6 Å². The number of rotatable bonds is 9. The highest BCUT2D eigenvalue weighted by Gasteiger charge is 2.48. The second-order valence-electron chi connectivity index (χ2n) is 12.3. The Hall–Kier alpha value is -5.99. The molecule has 1 N–H and O–H groups in total. The zero-order chi connectivity index (χ0) is 34.7. The summed E-state index contributed by atoms with van der Waals surface area (Å²) < 4.78 is 22.8. The Bertz CT molecular complexity index is 2090. The van der Waals surface area contributed by atoms with Crippen LogP contribution in [0.4, 0.5) is 0 Å². The molecule has 0 heterocycles. The second kappa shape index (κ2) is 13.9. The molecule has 0 bridgehead atoms. The first-order valence-corrected chi connectivity index (χ1v) is 16.4. The molecule has 5 aromatic carbocycles. The number of aliphatic hydroxyl groups excluding tert-OH is 1. The van der Waals surface area contributed by atoms with Gasteiger partial charge in [-0.2, -0.15) is 0 Å². The number of benzene rings is 5. The molecule has 8 nitrogen and oxygen atoms in total. The van der Waals surface area contributed by atoms with Crippen molar-refractivity contribution in [3.8, 4) is 23.0 Å². The van der Waals surface area contributed by atoms with E-state index in [4.69, 9.17) is 18.9 Å². The van der Waals surface area contributed by atoms with Crippen LogP contribution in [0.25, 0.3) is 6.08 Å². The molecule has 1 atom stereocenters. The summed E-state index contributed by atoms with van der Waals surface area (Å²) in [6.45, 7) is -0.117. The van der Waals surface area contributed by atoms with Crippen molar-refractivity contribution in [3.05, 3.63) is 160 Å². The standard InChI is InChI=1S/C42H34O8/c1-47-33-17-10-27(11-18-33)12-21-37(44)49-35-6-2-4-29-22-24-42(38(29)35)25-23-30-5-3-7-36(39(30)42)50-41(46)32-15-19-34(20-16-32)48-40(45)31-13-8-28(26-43)9-14-31/h2-21,43H,22-26H2,1H3/b21-12+/t42-/m1/s1. The lowest BCUT2D eigenvalue weighted by molar-refractivity contribution is -0.129. The van der Waals surface area contributed by atoms with E-state index < -0.39 is 23.3 Å². The lowest BCUT2D eigenvalue weighted by Gasteiger charge is -2.29. The average Bonchev–Trinajstić information content (AvgIpc) is 3.73. The molecule has 0 radical (unpaired) electrons. The van der Waals surface area contributed by atoms with E-state index in [9.17, 15) is 19.5 Å². The predicted molar refractivity (Wildman–Crippen MR) is 187 cm³/mol. The molecule has 0 saturated carbocycles. The van der Waals surface area contributed by atoms with Gasteiger partial charge in [0.25, 0.3) is 0 Å². The van der Waals surface area contributed by atoms with Crippen LogP contribution in [-0.2, 0) is 29.7 Å². The van der Waals surface area contributed by atoms with E-state index in [1.54, 1.807) is 61.7 Å². The van der Waals surface area contributed by atoms with Crippen molar-refractivity contribution in [2.45, 2.75) is 37.7 Å². The molecule has 0 amide bonds. The molecule has 0 fully saturated rings. The topological polar surface area (TPSA) is 108 Å². The molecule has 2 aliphatic rings. The third kappa shape index (κ3) is 6.41. The van der Waals surface area contributed by atoms with Crippen molar-refractivity contribution in [2.24, 2.45) is 0 Å². The molecule has 5 aromatic rings. The van der Waals surface area contributed by atoms with Crippen LogP contribution in [0, 0.1) is 0 Å². The fourth-order valence-electron chi connectivity index (χ4n) is 7.02. The van der Waals surface area contributed by atoms with Gasteiger partial charge in [0.1, 0.15) is 23.0 Å². The molecule has 1 spiro atoms. The zero-order valence-electron chi connectivity index (χ0n) is 27.4. The number of hydrogen-bond acceptors (Lipinski definition) is 8. The number of aliphatic hydroxyl groups is 1.